The summed E-state index contributed by atoms with van der Waals surface area (Å²) < 4.78 is 34.4. The second-order valence-corrected chi connectivity index (χ2v) is 2.27. The Hall–Kier alpha value is -0.780. The molecule has 0 aromatic rings. The molecule has 0 atom stereocenters. The third-order valence-electron chi connectivity index (χ3n) is 0.994. The van der Waals surface area contributed by atoms with Crippen LogP contribution in [-0.4, -0.2) is 18.6 Å². The van der Waals surface area contributed by atoms with Crippen LogP contribution >= 0.6 is 0 Å². The highest BCUT2D eigenvalue weighted by Gasteiger charge is 2.26. The first-order valence-electron chi connectivity index (χ1n) is 3.54. The van der Waals surface area contributed by atoms with Gasteiger partial charge in [-0.05, 0) is 6.42 Å². The number of carbonyl (C=O) groups is 1. The highest BCUT2D eigenvalue weighted by Crippen LogP contribution is 2.11. The van der Waals surface area contributed by atoms with Crippen molar-refractivity contribution in [3.63, 3.8) is 0 Å². The van der Waals surface area contributed by atoms with Crippen molar-refractivity contribution in [2.45, 2.75) is 25.9 Å². The van der Waals surface area contributed by atoms with Crippen LogP contribution in [-0.2, 0) is 4.79 Å². The lowest BCUT2D eigenvalue weighted by atomic mass is 10.3. The number of rotatable bonds is 4. The van der Waals surface area contributed by atoms with Gasteiger partial charge < -0.3 is 0 Å². The SMILES string of the molecule is CCCC(=O)NNCC(F)(F)F. The van der Waals surface area contributed by atoms with Crippen LogP contribution in [0.1, 0.15) is 19.8 Å². The molecule has 0 saturated heterocycles. The number of carbonyl (C=O) groups excluding carboxylic acids is 1. The van der Waals surface area contributed by atoms with Gasteiger partial charge in [-0.15, -0.1) is 0 Å². The summed E-state index contributed by atoms with van der Waals surface area (Å²) >= 11 is 0. The Bertz CT molecular complexity index is 146. The smallest absolute Gasteiger partial charge is 0.291 e. The molecular formula is C6H11F3N2O. The van der Waals surface area contributed by atoms with E-state index in [1.54, 1.807) is 12.3 Å². The highest BCUT2D eigenvalue weighted by molar-refractivity contribution is 5.75. The average Bonchev–Trinajstić information content (AvgIpc) is 1.84. The Morgan fingerprint density at radius 1 is 1.42 bits per heavy atom. The number of hydrogen-bond donors (Lipinski definition) is 2. The quantitative estimate of drug-likeness (QED) is 0.639. The number of hydrazine groups is 1. The maximum atomic E-state index is 11.5. The first-order chi connectivity index (χ1) is 5.45. The number of nitrogens with one attached hydrogen (secondary N) is 2. The average molecular weight is 184 g/mol. The molecule has 0 aliphatic carbocycles. The summed E-state index contributed by atoms with van der Waals surface area (Å²) in [5, 5.41) is 0. The summed E-state index contributed by atoms with van der Waals surface area (Å²) in [6, 6.07) is 0. The van der Waals surface area contributed by atoms with E-state index in [-0.39, 0.29) is 6.42 Å². The van der Waals surface area contributed by atoms with Gasteiger partial charge in [0, 0.05) is 6.42 Å². The van der Waals surface area contributed by atoms with Gasteiger partial charge >= 0.3 is 6.18 Å². The topological polar surface area (TPSA) is 41.1 Å². The fraction of sp³-hybridized carbons (Fsp3) is 0.833. The van der Waals surface area contributed by atoms with E-state index in [1.165, 1.54) is 0 Å². The van der Waals surface area contributed by atoms with Crippen molar-refractivity contribution in [3.8, 4) is 0 Å². The lowest BCUT2D eigenvalue weighted by Crippen LogP contribution is -2.42. The summed E-state index contributed by atoms with van der Waals surface area (Å²) in [5.41, 5.74) is 3.72. The van der Waals surface area contributed by atoms with Gasteiger partial charge in [0.25, 0.3) is 0 Å². The predicted molar refractivity (Wildman–Crippen MR) is 37.1 cm³/mol. The van der Waals surface area contributed by atoms with Crippen LogP contribution in [0.4, 0.5) is 13.2 Å². The molecule has 0 saturated carbocycles. The van der Waals surface area contributed by atoms with Crippen LogP contribution in [0.2, 0.25) is 0 Å². The van der Waals surface area contributed by atoms with Gasteiger partial charge in [-0.3, -0.25) is 10.2 Å². The minimum Gasteiger partial charge on any atom is -0.291 e. The van der Waals surface area contributed by atoms with Gasteiger partial charge in [-0.25, -0.2) is 5.43 Å². The second kappa shape index (κ2) is 4.97. The van der Waals surface area contributed by atoms with Crippen molar-refractivity contribution in [1.82, 2.24) is 10.9 Å². The van der Waals surface area contributed by atoms with Crippen molar-refractivity contribution in [1.29, 1.82) is 0 Å². The largest absolute Gasteiger partial charge is 0.402 e. The van der Waals surface area contributed by atoms with Crippen molar-refractivity contribution < 1.29 is 18.0 Å². The van der Waals surface area contributed by atoms with Gasteiger partial charge in [0.1, 0.15) is 6.54 Å². The molecule has 1 amide bonds. The van der Waals surface area contributed by atoms with Crippen LogP contribution in [0.5, 0.6) is 0 Å². The molecule has 0 rings (SSSR count). The Labute approximate surface area is 68.3 Å². The van der Waals surface area contributed by atoms with Gasteiger partial charge in [-0.1, -0.05) is 6.92 Å². The fourth-order valence-corrected chi connectivity index (χ4v) is 0.533. The Balaban J connectivity index is 3.37. The van der Waals surface area contributed by atoms with Crippen molar-refractivity contribution >= 4 is 5.91 Å². The molecule has 72 valence electrons. The molecule has 0 radical (unpaired) electrons. The zero-order chi connectivity index (χ0) is 9.61. The van der Waals surface area contributed by atoms with Crippen LogP contribution in [0.3, 0.4) is 0 Å². The van der Waals surface area contributed by atoms with Crippen molar-refractivity contribution in [2.75, 3.05) is 6.54 Å². The molecule has 0 spiro atoms. The van der Waals surface area contributed by atoms with Crippen LogP contribution < -0.4 is 10.9 Å². The minimum absolute atomic E-state index is 0.227. The summed E-state index contributed by atoms with van der Waals surface area (Å²) in [7, 11) is 0. The summed E-state index contributed by atoms with van der Waals surface area (Å²) in [6.45, 7) is 0.561. The Kier molecular flexibility index (Phi) is 4.65. The van der Waals surface area contributed by atoms with E-state index in [9.17, 15) is 18.0 Å². The molecule has 12 heavy (non-hydrogen) atoms. The molecule has 0 heterocycles. The predicted octanol–water partition coefficient (Wildman–Crippen LogP) is 0.970. The van der Waals surface area contributed by atoms with Crippen molar-refractivity contribution in [3.05, 3.63) is 0 Å². The Morgan fingerprint density at radius 2 is 2.00 bits per heavy atom. The van der Waals surface area contributed by atoms with Gasteiger partial charge in [-0.2, -0.15) is 13.2 Å². The molecule has 6 heteroatoms. The van der Waals surface area contributed by atoms with Crippen LogP contribution in [0.25, 0.3) is 0 Å². The van der Waals surface area contributed by atoms with E-state index in [2.05, 4.69) is 0 Å². The van der Waals surface area contributed by atoms with E-state index >= 15 is 0 Å². The number of alkyl halides is 3. The van der Waals surface area contributed by atoms with E-state index in [0.717, 1.165) is 0 Å². The van der Waals surface area contributed by atoms with E-state index in [0.29, 0.717) is 6.42 Å². The number of halogens is 3. The number of amides is 1. The fourth-order valence-electron chi connectivity index (χ4n) is 0.533. The van der Waals surface area contributed by atoms with Crippen LogP contribution in [0.15, 0.2) is 0 Å². The third-order valence-corrected chi connectivity index (χ3v) is 0.994. The summed E-state index contributed by atoms with van der Waals surface area (Å²) in [4.78, 5) is 10.6. The molecule has 0 unspecified atom stereocenters. The first kappa shape index (κ1) is 11.2. The molecule has 0 aromatic heterocycles. The zero-order valence-corrected chi connectivity index (χ0v) is 6.66. The molecule has 0 aromatic carbocycles. The summed E-state index contributed by atoms with van der Waals surface area (Å²) in [5.74, 6) is -0.429. The summed E-state index contributed by atoms with van der Waals surface area (Å²) in [6.07, 6.45) is -3.45. The molecule has 0 bridgehead atoms. The van der Waals surface area contributed by atoms with E-state index in [4.69, 9.17) is 0 Å². The van der Waals surface area contributed by atoms with Gasteiger partial charge in [0.15, 0.2) is 0 Å². The maximum absolute atomic E-state index is 11.5. The standard InChI is InChI=1S/C6H11F3N2O/c1-2-3-5(12)11-10-4-6(7,8)9/h10H,2-4H2,1H3,(H,11,12). The third kappa shape index (κ3) is 7.33. The lowest BCUT2D eigenvalue weighted by molar-refractivity contribution is -0.132. The van der Waals surface area contributed by atoms with Gasteiger partial charge in [0.2, 0.25) is 5.91 Å². The van der Waals surface area contributed by atoms with E-state index < -0.39 is 18.6 Å². The second-order valence-electron chi connectivity index (χ2n) is 2.27. The first-order valence-corrected chi connectivity index (χ1v) is 3.54. The van der Waals surface area contributed by atoms with Gasteiger partial charge in [0.05, 0.1) is 0 Å². The lowest BCUT2D eigenvalue weighted by Gasteiger charge is -2.08. The molecule has 3 nitrogen and oxygen atoms in total. The molecule has 2 N–H and O–H groups in total. The normalized spacial score (nSPS) is 11.3. The Morgan fingerprint density at radius 3 is 2.42 bits per heavy atom. The van der Waals surface area contributed by atoms with E-state index in [1.807, 2.05) is 5.43 Å². The monoisotopic (exact) mass is 184 g/mol. The molecule has 0 fully saturated rings. The minimum atomic E-state index is -4.29. The molecular weight excluding hydrogens is 173 g/mol. The highest BCUT2D eigenvalue weighted by atomic mass is 19.4. The molecule has 0 aliphatic heterocycles. The van der Waals surface area contributed by atoms with Crippen molar-refractivity contribution in [2.24, 2.45) is 0 Å². The van der Waals surface area contributed by atoms with Crippen LogP contribution in [0, 0.1) is 0 Å². The number of hydrogen-bond acceptors (Lipinski definition) is 2. The molecule has 0 aliphatic rings. The maximum Gasteiger partial charge on any atom is 0.402 e. The zero-order valence-electron chi connectivity index (χ0n) is 6.66.